The molecule has 6 nitrogen and oxygen atoms in total. The zero-order chi connectivity index (χ0) is 18.9. The number of rotatable bonds is 4. The summed E-state index contributed by atoms with van der Waals surface area (Å²) in [6.07, 6.45) is 2.10. The molecule has 1 N–H and O–H groups in total. The molecular weight excluding hydrogens is 354 g/mol. The lowest BCUT2D eigenvalue weighted by atomic mass is 9.92. The maximum atomic E-state index is 14.6. The van der Waals surface area contributed by atoms with E-state index in [4.69, 9.17) is 10.1 Å². The fourth-order valence-corrected chi connectivity index (χ4v) is 5.13. The number of carbonyl (C=O) groups is 1. The van der Waals surface area contributed by atoms with Gasteiger partial charge in [0.1, 0.15) is 11.5 Å². The van der Waals surface area contributed by atoms with E-state index in [0.29, 0.717) is 55.1 Å². The lowest BCUT2D eigenvalue weighted by Crippen LogP contribution is -2.47. The number of hydrogen-bond donors (Lipinski definition) is 1. The molecule has 2 aliphatic carbocycles. The van der Waals surface area contributed by atoms with Gasteiger partial charge in [-0.25, -0.2) is 4.98 Å². The molecule has 4 atom stereocenters. The second-order valence-electron chi connectivity index (χ2n) is 8.56. The third kappa shape index (κ3) is 2.67. The Hall–Kier alpha value is -1.99. The van der Waals surface area contributed by atoms with Crippen LogP contribution in [0.3, 0.4) is 0 Å². The minimum absolute atomic E-state index is 0.0875. The van der Waals surface area contributed by atoms with Gasteiger partial charge < -0.3 is 14.9 Å². The van der Waals surface area contributed by atoms with Crippen molar-refractivity contribution in [3.8, 4) is 0 Å². The molecule has 0 spiro atoms. The highest BCUT2D eigenvalue weighted by Gasteiger charge is 2.57. The topological polar surface area (TPSA) is 69.6 Å². The summed E-state index contributed by atoms with van der Waals surface area (Å²) in [4.78, 5) is 24.1. The predicted octanol–water partition coefficient (Wildman–Crippen LogP) is 2.66. The van der Waals surface area contributed by atoms with Crippen LogP contribution in [0.2, 0.25) is 0 Å². The second kappa shape index (κ2) is 5.75. The predicted molar refractivity (Wildman–Crippen MR) is 95.2 cm³/mol. The summed E-state index contributed by atoms with van der Waals surface area (Å²) < 4.78 is 29.3. The molecule has 4 aliphatic rings. The number of aliphatic carboxylic acids is 1. The van der Waals surface area contributed by atoms with E-state index in [9.17, 15) is 13.6 Å². The van der Waals surface area contributed by atoms with Gasteiger partial charge in [0.2, 0.25) is 5.95 Å². The molecule has 27 heavy (non-hydrogen) atoms. The molecular formula is C19H24F2N4O2. The van der Waals surface area contributed by atoms with Gasteiger partial charge >= 0.3 is 5.97 Å². The standard InChI is InChI=1S/C19H24F2N4O2/c1-10-4-6-25(10)18-22-16-11(3-2-5-19(16,20)21)17(23-18)24-8-13-12(7-15(26)27)14(13)9-24/h10,12-14H,2-9H2,1H3,(H,26,27)/t10-,12-,13-,14+/m1/s1. The Bertz CT molecular complexity index is 790. The highest BCUT2D eigenvalue weighted by molar-refractivity contribution is 5.68. The SMILES string of the molecule is C[C@@H]1CCN1c1nc(N2C[C@@H]3[C@@H](CC(=O)O)[C@@H]3C2)c2c(n1)C(F)(F)CCC2. The van der Waals surface area contributed by atoms with Gasteiger partial charge in [-0.1, -0.05) is 0 Å². The maximum Gasteiger partial charge on any atom is 0.303 e. The number of hydrogen-bond acceptors (Lipinski definition) is 5. The highest BCUT2D eigenvalue weighted by Crippen LogP contribution is 2.55. The van der Waals surface area contributed by atoms with Gasteiger partial charge in [0.15, 0.2) is 0 Å². The van der Waals surface area contributed by atoms with E-state index in [1.165, 1.54) is 0 Å². The first-order chi connectivity index (χ1) is 12.8. The summed E-state index contributed by atoms with van der Waals surface area (Å²) in [7, 11) is 0. The van der Waals surface area contributed by atoms with E-state index >= 15 is 0 Å². The van der Waals surface area contributed by atoms with Crippen molar-refractivity contribution in [1.82, 2.24) is 9.97 Å². The van der Waals surface area contributed by atoms with Crippen molar-refractivity contribution in [3.63, 3.8) is 0 Å². The van der Waals surface area contributed by atoms with Crippen LogP contribution in [0.5, 0.6) is 0 Å². The fraction of sp³-hybridized carbons (Fsp3) is 0.737. The Morgan fingerprint density at radius 2 is 2.04 bits per heavy atom. The fourth-order valence-electron chi connectivity index (χ4n) is 5.13. The maximum absolute atomic E-state index is 14.6. The third-order valence-electron chi connectivity index (χ3n) is 6.90. The average molecular weight is 378 g/mol. The van der Waals surface area contributed by atoms with E-state index in [-0.39, 0.29) is 30.5 Å². The summed E-state index contributed by atoms with van der Waals surface area (Å²) in [6, 6.07) is 0.278. The summed E-state index contributed by atoms with van der Waals surface area (Å²) in [5, 5.41) is 9.01. The largest absolute Gasteiger partial charge is 0.481 e. The van der Waals surface area contributed by atoms with Crippen LogP contribution in [-0.2, 0) is 17.1 Å². The van der Waals surface area contributed by atoms with Crippen LogP contribution < -0.4 is 9.80 Å². The molecule has 1 aromatic heterocycles. The summed E-state index contributed by atoms with van der Waals surface area (Å²) in [6.45, 7) is 4.29. The number of piperidine rings is 1. The quantitative estimate of drug-likeness (QED) is 0.869. The molecule has 8 heteroatoms. The number of aromatic nitrogens is 2. The van der Waals surface area contributed by atoms with E-state index in [2.05, 4.69) is 16.8 Å². The van der Waals surface area contributed by atoms with Gasteiger partial charge in [-0.15, -0.1) is 0 Å². The first-order valence-corrected chi connectivity index (χ1v) is 9.88. The van der Waals surface area contributed by atoms with Crippen LogP contribution in [-0.4, -0.2) is 46.7 Å². The Kier molecular flexibility index (Phi) is 3.65. The second-order valence-corrected chi connectivity index (χ2v) is 8.56. The number of alkyl halides is 2. The van der Waals surface area contributed by atoms with E-state index in [1.54, 1.807) is 0 Å². The van der Waals surface area contributed by atoms with E-state index in [0.717, 1.165) is 13.0 Å². The smallest absolute Gasteiger partial charge is 0.303 e. The van der Waals surface area contributed by atoms with Crippen LogP contribution in [0.25, 0.3) is 0 Å². The normalized spacial score (nSPS) is 33.3. The van der Waals surface area contributed by atoms with Crippen molar-refractivity contribution in [3.05, 3.63) is 11.3 Å². The zero-order valence-corrected chi connectivity index (χ0v) is 15.4. The van der Waals surface area contributed by atoms with Gasteiger partial charge in [0.05, 0.1) is 0 Å². The molecule has 0 radical (unpaired) electrons. The molecule has 0 unspecified atom stereocenters. The molecule has 0 aromatic carbocycles. The molecule has 1 saturated carbocycles. The van der Waals surface area contributed by atoms with Crippen molar-refractivity contribution >= 4 is 17.7 Å². The minimum atomic E-state index is -2.90. The molecule has 3 fully saturated rings. The van der Waals surface area contributed by atoms with Crippen molar-refractivity contribution in [1.29, 1.82) is 0 Å². The molecule has 2 aliphatic heterocycles. The lowest BCUT2D eigenvalue weighted by molar-refractivity contribution is -0.137. The van der Waals surface area contributed by atoms with Crippen LogP contribution in [0.4, 0.5) is 20.5 Å². The van der Waals surface area contributed by atoms with Gasteiger partial charge in [-0.05, 0) is 43.9 Å². The first kappa shape index (κ1) is 17.1. The zero-order valence-electron chi connectivity index (χ0n) is 15.4. The van der Waals surface area contributed by atoms with Crippen molar-refractivity contribution in [2.24, 2.45) is 17.8 Å². The number of nitrogens with zero attached hydrogens (tertiary/aromatic N) is 4. The van der Waals surface area contributed by atoms with Crippen LogP contribution in [0.1, 0.15) is 43.9 Å². The van der Waals surface area contributed by atoms with Crippen LogP contribution >= 0.6 is 0 Å². The van der Waals surface area contributed by atoms with Gasteiger partial charge in [-0.2, -0.15) is 13.8 Å². The molecule has 1 aromatic rings. The molecule has 146 valence electrons. The minimum Gasteiger partial charge on any atom is -0.481 e. The molecule has 3 heterocycles. The number of halogens is 2. The summed E-state index contributed by atoms with van der Waals surface area (Å²) in [5.41, 5.74) is 0.509. The number of fused-ring (bicyclic) bond motifs is 2. The third-order valence-corrected chi connectivity index (χ3v) is 6.90. The average Bonchev–Trinajstić information content (AvgIpc) is 3.03. The van der Waals surface area contributed by atoms with Crippen molar-refractivity contribution in [2.75, 3.05) is 29.4 Å². The van der Waals surface area contributed by atoms with E-state index in [1.807, 2.05) is 4.90 Å². The number of carboxylic acid groups (broad SMARTS) is 1. The molecule has 0 amide bonds. The summed E-state index contributed by atoms with van der Waals surface area (Å²) >= 11 is 0. The number of anilines is 2. The highest BCUT2D eigenvalue weighted by atomic mass is 19.3. The van der Waals surface area contributed by atoms with Crippen LogP contribution in [0, 0.1) is 17.8 Å². The first-order valence-electron chi connectivity index (χ1n) is 9.88. The van der Waals surface area contributed by atoms with E-state index < -0.39 is 11.9 Å². The Morgan fingerprint density at radius 3 is 2.63 bits per heavy atom. The van der Waals surface area contributed by atoms with Gasteiger partial charge in [0.25, 0.3) is 5.92 Å². The monoisotopic (exact) mass is 378 g/mol. The summed E-state index contributed by atoms with van der Waals surface area (Å²) in [5.74, 6) is -1.64. The van der Waals surface area contributed by atoms with Crippen molar-refractivity contribution in [2.45, 2.75) is 51.0 Å². The van der Waals surface area contributed by atoms with Crippen LogP contribution in [0.15, 0.2) is 0 Å². The molecule has 0 bridgehead atoms. The number of carboxylic acids is 1. The molecule has 5 rings (SSSR count). The Balaban J connectivity index is 1.47. The Labute approximate surface area is 156 Å². The lowest BCUT2D eigenvalue weighted by Gasteiger charge is -2.40. The Morgan fingerprint density at radius 1 is 1.30 bits per heavy atom. The van der Waals surface area contributed by atoms with Gasteiger partial charge in [0, 0.05) is 44.1 Å². The van der Waals surface area contributed by atoms with Crippen molar-refractivity contribution < 1.29 is 18.7 Å². The molecule has 2 saturated heterocycles. The van der Waals surface area contributed by atoms with Gasteiger partial charge in [-0.3, -0.25) is 4.79 Å².